The standard InChI is InChI=1S/C57H71N11O20S2.Na/c1-4-5-6-17-87-35-14-12-32(13-15-35)54-65-68-26-37(61-57(68)89-54)30-8-10-31(11-9-30)49(77)60-36-20-33(70)23-59-53(81)47-48(76)27(2)24-67(47)56(83)46(41(74)22-43(58)75)64-52(80)45(40(73)18-29-7-16-39(72)42(19-29)88-90(84,85)86)63-51(79)38-21-34(71)25-66(38)55(82)44(28(3)69)62-50(36)78;/h7-16,19,26-28,33-34,36,38,40-41,44-48,69-74,76H,4-6,17-18,20-25H2,1-3H3,(H2,58,75)(H,59,81)(H,60,77)(H,62,78)(H,63,79)(H,64,80)(H,84,85,86);/q;+1/p-1. The van der Waals surface area contributed by atoms with Gasteiger partial charge in [-0.25, -0.2) is 17.9 Å². The van der Waals surface area contributed by atoms with Gasteiger partial charge in [0, 0.05) is 61.5 Å². The van der Waals surface area contributed by atoms with E-state index in [1.807, 2.05) is 24.3 Å². The molecule has 3 saturated heterocycles. The molecule has 13 atom stereocenters. The number of unbranched alkanes of at least 4 members (excludes halogenated alkanes) is 2. The zero-order valence-corrected chi connectivity index (χ0v) is 53.4. The first-order chi connectivity index (χ1) is 42.6. The topological polar surface area (TPSA) is 477 Å². The van der Waals surface area contributed by atoms with Crippen LogP contribution in [0.4, 0.5) is 0 Å². The van der Waals surface area contributed by atoms with Crippen molar-refractivity contribution in [3.05, 3.63) is 84.1 Å². The molecule has 13 unspecified atom stereocenters. The third-order valence-electron chi connectivity index (χ3n) is 15.4. The maximum Gasteiger partial charge on any atom is 1.00 e. The Morgan fingerprint density at radius 1 is 0.824 bits per heavy atom. The second kappa shape index (κ2) is 30.8. The summed E-state index contributed by atoms with van der Waals surface area (Å²) < 4.78 is 46.1. The monoisotopic (exact) mass is 1320 g/mol. The molecule has 31 nitrogen and oxygen atoms in total. The Hall–Kier alpha value is -7.41. The van der Waals surface area contributed by atoms with Crippen LogP contribution in [0.15, 0.2) is 72.9 Å². The Balaban J connectivity index is 0.0000118. The molecule has 0 radical (unpaired) electrons. The first kappa shape index (κ1) is 71.0. The van der Waals surface area contributed by atoms with Crippen molar-refractivity contribution in [2.45, 2.75) is 139 Å². The fourth-order valence-electron chi connectivity index (χ4n) is 10.7. The number of nitrogens with zero attached hydrogens (tertiary/aromatic N) is 5. The van der Waals surface area contributed by atoms with Crippen molar-refractivity contribution >= 4 is 74.0 Å². The largest absolute Gasteiger partial charge is 1.00 e. The van der Waals surface area contributed by atoms with Gasteiger partial charge in [-0.05, 0) is 67.4 Å². The molecular weight excluding hydrogens is 1250 g/mol. The number of primary amides is 1. The van der Waals surface area contributed by atoms with Crippen LogP contribution in [0.25, 0.3) is 26.8 Å². The SMILES string of the molecule is CCCCCOc1ccc(-c2nn3cc(-c4ccc(C(=O)NC5CC(O)CNC(=O)C6C(O)C(C)CN6C(=O)C(C(O)CC(N)=O)NC(=O)C(C(O)Cc6ccc(O)c(OS(=O)(=O)[O-])c6)NC(=O)C6CC(O)CN6C(=O)C(C(C)O)NC5=O)cc4)nc3s2)cc1.[Na+]. The van der Waals surface area contributed by atoms with E-state index in [0.717, 1.165) is 65.5 Å². The molecule has 0 bridgehead atoms. The molecule has 5 aromatic rings. The third-order valence-corrected chi connectivity index (χ3v) is 16.8. The van der Waals surface area contributed by atoms with E-state index < -0.39 is 193 Å². The zero-order chi connectivity index (χ0) is 65.5. The van der Waals surface area contributed by atoms with Gasteiger partial charge in [0.25, 0.3) is 16.3 Å². The average molecular weight is 1320 g/mol. The van der Waals surface area contributed by atoms with E-state index in [0.29, 0.717) is 27.8 Å². The summed E-state index contributed by atoms with van der Waals surface area (Å²) in [5.41, 5.74) is 7.13. The Bertz CT molecular complexity index is 3550. The number of carbonyl (C=O) groups is 8. The predicted molar refractivity (Wildman–Crippen MR) is 314 cm³/mol. The number of β-amino-alcohol motifs (C(OH)–C–C–N with tert-alkyl or cyclic N) is 1. The summed E-state index contributed by atoms with van der Waals surface area (Å²) in [6.07, 6.45) is -9.43. The molecule has 3 fully saturated rings. The van der Waals surface area contributed by atoms with Gasteiger partial charge in [-0.1, -0.05) is 56.2 Å². The summed E-state index contributed by atoms with van der Waals surface area (Å²) in [5.74, 6) is -11.7. The summed E-state index contributed by atoms with van der Waals surface area (Å²) in [6.45, 7) is 3.44. The van der Waals surface area contributed by atoms with Gasteiger partial charge >= 0.3 is 29.6 Å². The number of aliphatic hydroxyl groups excluding tert-OH is 6. The number of hydrogen-bond acceptors (Lipinski definition) is 23. The molecule has 0 saturated carbocycles. The zero-order valence-electron chi connectivity index (χ0n) is 49.8. The number of amides is 8. The van der Waals surface area contributed by atoms with Gasteiger partial charge in [0.15, 0.2) is 11.5 Å². The molecule has 0 aliphatic carbocycles. The van der Waals surface area contributed by atoms with Crippen molar-refractivity contribution in [3.8, 4) is 39.1 Å². The minimum Gasteiger partial charge on any atom is -0.716 e. The second-order valence-corrected chi connectivity index (χ2v) is 24.3. The summed E-state index contributed by atoms with van der Waals surface area (Å²) in [6, 6.07) is 4.29. The Morgan fingerprint density at radius 2 is 1.48 bits per heavy atom. The van der Waals surface area contributed by atoms with Crippen LogP contribution in [0.1, 0.15) is 75.2 Å². The van der Waals surface area contributed by atoms with Crippen molar-refractivity contribution in [1.82, 2.24) is 51.0 Å². The van der Waals surface area contributed by atoms with Crippen molar-refractivity contribution in [2.75, 3.05) is 26.2 Å². The fraction of sp³-hybridized carbons (Fsp3) is 0.474. The van der Waals surface area contributed by atoms with E-state index in [2.05, 4.69) is 42.8 Å². The van der Waals surface area contributed by atoms with Crippen LogP contribution in [0, 0.1) is 5.92 Å². The van der Waals surface area contributed by atoms with Crippen molar-refractivity contribution in [3.63, 3.8) is 0 Å². The van der Waals surface area contributed by atoms with Gasteiger partial charge in [-0.2, -0.15) is 5.10 Å². The maximum absolute atomic E-state index is 14.7. The second-order valence-electron chi connectivity index (χ2n) is 22.4. The number of ether oxygens (including phenoxy) is 1. The first-order valence-electron chi connectivity index (χ1n) is 28.7. The first-order valence-corrected chi connectivity index (χ1v) is 30.9. The molecule has 3 aliphatic rings. The minimum atomic E-state index is -5.49. The van der Waals surface area contributed by atoms with Crippen LogP contribution in [0.3, 0.4) is 0 Å². The van der Waals surface area contributed by atoms with Gasteiger partial charge in [0.2, 0.25) is 46.3 Å². The number of benzene rings is 3. The number of hydrogen-bond donors (Lipinski definition) is 13. The van der Waals surface area contributed by atoms with Crippen LogP contribution in [0.5, 0.6) is 17.2 Å². The van der Waals surface area contributed by atoms with E-state index in [9.17, 15) is 87.1 Å². The molecule has 3 aliphatic heterocycles. The minimum absolute atomic E-state index is 0. The molecule has 34 heteroatoms. The predicted octanol–water partition coefficient (Wildman–Crippen LogP) is -5.93. The number of fused-ring (bicyclic) bond motifs is 3. The Kier molecular flexibility index (Phi) is 24.0. The van der Waals surface area contributed by atoms with Gasteiger partial charge < -0.3 is 91.3 Å². The molecule has 5 heterocycles. The molecule has 8 rings (SSSR count). The summed E-state index contributed by atoms with van der Waals surface area (Å²) in [5, 5.41) is 95.4. The molecular formula is C57H70N11NaO20S2. The number of phenolic OH excluding ortho intramolecular Hbond substituents is 1. The van der Waals surface area contributed by atoms with Gasteiger partial charge in [0.1, 0.15) is 47.0 Å². The van der Waals surface area contributed by atoms with Gasteiger partial charge in [-0.15, -0.1) is 0 Å². The number of nitrogens with one attached hydrogen (secondary N) is 5. The number of aromatic hydroxyl groups is 1. The normalized spacial score (nSPS) is 24.9. The number of nitrogens with two attached hydrogens (primary N) is 1. The van der Waals surface area contributed by atoms with Crippen LogP contribution >= 0.6 is 11.3 Å². The van der Waals surface area contributed by atoms with Crippen LogP contribution < -0.4 is 70.8 Å². The Labute approximate surface area is 546 Å². The Morgan fingerprint density at radius 3 is 2.13 bits per heavy atom. The fourth-order valence-corrected chi connectivity index (χ4v) is 11.9. The number of carbonyl (C=O) groups excluding carboxylic acids is 8. The molecule has 14 N–H and O–H groups in total. The smallest absolute Gasteiger partial charge is 0.716 e. The van der Waals surface area contributed by atoms with Crippen molar-refractivity contribution < 1.29 is 126 Å². The molecule has 8 amide bonds. The molecule has 91 heavy (non-hydrogen) atoms. The number of aliphatic hydroxyl groups is 6. The molecule has 486 valence electrons. The van der Waals surface area contributed by atoms with Crippen molar-refractivity contribution in [1.29, 1.82) is 0 Å². The maximum atomic E-state index is 14.7. The van der Waals surface area contributed by atoms with E-state index in [1.54, 1.807) is 22.8 Å². The van der Waals surface area contributed by atoms with Crippen molar-refractivity contribution in [2.24, 2.45) is 11.7 Å². The van der Waals surface area contributed by atoms with Crippen LogP contribution in [0.2, 0.25) is 0 Å². The summed E-state index contributed by atoms with van der Waals surface area (Å²) >= 11 is 1.35. The molecule has 3 aromatic carbocycles. The summed E-state index contributed by atoms with van der Waals surface area (Å²) in [4.78, 5) is 120. The number of phenols is 1. The van der Waals surface area contributed by atoms with E-state index in [1.165, 1.54) is 30.4 Å². The number of imidazole rings is 1. The summed E-state index contributed by atoms with van der Waals surface area (Å²) in [7, 11) is -5.49. The molecule has 0 spiro atoms. The van der Waals surface area contributed by atoms with Gasteiger partial charge in [-0.3, -0.25) is 38.4 Å². The quantitative estimate of drug-likeness (QED) is 0.0168. The van der Waals surface area contributed by atoms with Gasteiger partial charge in [0.05, 0.1) is 61.5 Å². The third kappa shape index (κ3) is 17.8. The van der Waals surface area contributed by atoms with Crippen LogP contribution in [-0.4, -0.2) is 219 Å². The average Bonchev–Trinajstić information content (AvgIpc) is 1.79. The van der Waals surface area contributed by atoms with E-state index in [-0.39, 0.29) is 40.7 Å². The number of aromatic nitrogens is 3. The number of rotatable bonds is 18. The van der Waals surface area contributed by atoms with Crippen LogP contribution in [-0.2, 0) is 50.4 Å². The van der Waals surface area contributed by atoms with E-state index in [4.69, 9.17) is 15.5 Å². The van der Waals surface area contributed by atoms with E-state index >= 15 is 0 Å². The molecule has 2 aromatic heterocycles.